The van der Waals surface area contributed by atoms with Gasteiger partial charge in [-0.25, -0.2) is 0 Å². The Bertz CT molecular complexity index is 105. The summed E-state index contributed by atoms with van der Waals surface area (Å²) in [5, 5.41) is 0. The zero-order chi connectivity index (χ0) is 11.6. The molecule has 4 heteroatoms. The van der Waals surface area contributed by atoms with Gasteiger partial charge in [-0.05, 0) is 12.6 Å². The predicted octanol–water partition coefficient (Wildman–Crippen LogP) is 2.75. The molecule has 0 aromatic heterocycles. The first-order valence-corrected chi connectivity index (χ1v) is 10.2. The monoisotopic (exact) mass is 240 g/mol. The highest BCUT2D eigenvalue weighted by atomic mass is 31.2. The lowest BCUT2D eigenvalue weighted by Gasteiger charge is -2.13. The number of hydrogen-bond donors (Lipinski definition) is 1. The van der Waals surface area contributed by atoms with Crippen LogP contribution in [0.5, 0.6) is 0 Å². The van der Waals surface area contributed by atoms with Gasteiger partial charge in [-0.1, -0.05) is 34.6 Å². The highest BCUT2D eigenvalue weighted by molar-refractivity contribution is 7.73. The van der Waals surface area contributed by atoms with Crippen LogP contribution >= 0.6 is 15.6 Å². The molecule has 0 spiro atoms. The lowest BCUT2D eigenvalue weighted by molar-refractivity contribution is -0.175. The van der Waals surface area contributed by atoms with Crippen molar-refractivity contribution in [3.05, 3.63) is 0 Å². The molecule has 0 aromatic rings. The maximum atomic E-state index is 10.1. The van der Waals surface area contributed by atoms with Gasteiger partial charge < -0.3 is 9.79 Å². The van der Waals surface area contributed by atoms with Crippen LogP contribution in [-0.2, 0) is 0 Å². The zero-order valence-corrected chi connectivity index (χ0v) is 12.1. The van der Waals surface area contributed by atoms with Crippen molar-refractivity contribution in [2.75, 3.05) is 32.8 Å². The third kappa shape index (κ3) is 38.6. The molecular weight excluding hydrogens is 214 g/mol. The van der Waals surface area contributed by atoms with Crippen molar-refractivity contribution in [1.29, 1.82) is 0 Å². The molecule has 0 amide bonds. The fraction of sp³-hybridized carbons (Fsp3) is 1.00. The van der Waals surface area contributed by atoms with Gasteiger partial charge in [0.25, 0.3) is 0 Å². The molecule has 0 saturated heterocycles. The Morgan fingerprint density at radius 1 is 1.07 bits per heavy atom. The van der Waals surface area contributed by atoms with Gasteiger partial charge in [-0.15, -0.1) is 0 Å². The molecular formula is C10H26O2P2. The summed E-state index contributed by atoms with van der Waals surface area (Å²) in [6.45, 7) is 11.3. The maximum Gasteiger partial charge on any atom is 0.0481 e. The van der Waals surface area contributed by atoms with E-state index in [4.69, 9.17) is 4.89 Å². The van der Waals surface area contributed by atoms with Crippen LogP contribution in [0.15, 0.2) is 0 Å². The fourth-order valence-electron chi connectivity index (χ4n) is 0.674. The smallest absolute Gasteiger partial charge is 0.0481 e. The second kappa shape index (κ2) is 10.3. The van der Waals surface area contributed by atoms with E-state index in [9.17, 15) is 4.89 Å². The van der Waals surface area contributed by atoms with Crippen molar-refractivity contribution >= 4 is 15.6 Å². The van der Waals surface area contributed by atoms with E-state index in [0.717, 1.165) is 12.8 Å². The average Bonchev–Trinajstić information content (AvgIpc) is 1.94. The molecule has 0 aliphatic rings. The van der Waals surface area contributed by atoms with Crippen LogP contribution in [0.25, 0.3) is 0 Å². The van der Waals surface area contributed by atoms with Crippen LogP contribution in [0.2, 0.25) is 0 Å². The summed E-state index contributed by atoms with van der Waals surface area (Å²) >= 11 is 0. The second-order valence-electron chi connectivity index (χ2n) is 4.82. The SMILES string of the molecule is CCCCCCP([O-])O.C[P+](C)(C)C. The molecule has 0 radical (unpaired) electrons. The molecule has 0 rings (SSSR count). The van der Waals surface area contributed by atoms with E-state index in [0.29, 0.717) is 6.16 Å². The van der Waals surface area contributed by atoms with Crippen molar-refractivity contribution in [2.45, 2.75) is 32.6 Å². The highest BCUT2D eigenvalue weighted by Gasteiger charge is 2.03. The van der Waals surface area contributed by atoms with Crippen LogP contribution in [-0.4, -0.2) is 37.7 Å². The first kappa shape index (κ1) is 17.2. The molecule has 88 valence electrons. The molecule has 0 aromatic carbocycles. The quantitative estimate of drug-likeness (QED) is 0.593. The minimum absolute atomic E-state index is 0.389. The highest BCUT2D eigenvalue weighted by Crippen LogP contribution is 2.40. The average molecular weight is 240 g/mol. The van der Waals surface area contributed by atoms with Gasteiger partial charge in [-0.2, -0.15) is 0 Å². The summed E-state index contributed by atoms with van der Waals surface area (Å²) in [4.78, 5) is 18.5. The lowest BCUT2D eigenvalue weighted by Crippen LogP contribution is -1.97. The van der Waals surface area contributed by atoms with Crippen LogP contribution in [0, 0.1) is 0 Å². The Hall–Kier alpha value is 0.780. The van der Waals surface area contributed by atoms with E-state index in [-0.39, 0.29) is 7.26 Å². The van der Waals surface area contributed by atoms with E-state index in [1.165, 1.54) is 12.8 Å². The lowest BCUT2D eigenvalue weighted by atomic mass is 10.2. The summed E-state index contributed by atoms with van der Waals surface area (Å²) in [7, 11) is -2.26. The van der Waals surface area contributed by atoms with E-state index in [2.05, 4.69) is 33.6 Å². The molecule has 0 aliphatic carbocycles. The van der Waals surface area contributed by atoms with Gasteiger partial charge in [0.15, 0.2) is 0 Å². The molecule has 0 heterocycles. The van der Waals surface area contributed by atoms with Crippen LogP contribution < -0.4 is 4.89 Å². The van der Waals surface area contributed by atoms with Crippen molar-refractivity contribution in [2.24, 2.45) is 0 Å². The van der Waals surface area contributed by atoms with Crippen LogP contribution in [0.1, 0.15) is 32.6 Å². The van der Waals surface area contributed by atoms with Crippen molar-refractivity contribution in [3.8, 4) is 0 Å². The number of unbranched alkanes of at least 4 members (excludes halogenated alkanes) is 3. The number of hydrogen-bond acceptors (Lipinski definition) is 2. The van der Waals surface area contributed by atoms with Gasteiger partial charge in [-0.3, -0.25) is 0 Å². The van der Waals surface area contributed by atoms with E-state index >= 15 is 0 Å². The Balaban J connectivity index is 0. The molecule has 2 nitrogen and oxygen atoms in total. The zero-order valence-electron chi connectivity index (χ0n) is 10.3. The Kier molecular flexibility index (Phi) is 12.6. The van der Waals surface area contributed by atoms with Crippen molar-refractivity contribution in [3.63, 3.8) is 0 Å². The number of rotatable bonds is 5. The summed E-state index contributed by atoms with van der Waals surface area (Å²) in [5.74, 6) is 0. The largest absolute Gasteiger partial charge is 0.808 e. The molecule has 1 atom stereocenters. The van der Waals surface area contributed by atoms with Gasteiger partial charge in [0, 0.05) is 33.9 Å². The third-order valence-corrected chi connectivity index (χ3v) is 1.90. The van der Waals surface area contributed by atoms with Gasteiger partial charge in [0.05, 0.1) is 0 Å². The van der Waals surface area contributed by atoms with Crippen molar-refractivity contribution in [1.82, 2.24) is 0 Å². The minimum Gasteiger partial charge on any atom is -0.808 e. The summed E-state index contributed by atoms with van der Waals surface area (Å²) in [5.41, 5.74) is 0. The van der Waals surface area contributed by atoms with Gasteiger partial charge in [0.1, 0.15) is 0 Å². The molecule has 1 unspecified atom stereocenters. The van der Waals surface area contributed by atoms with E-state index in [1.807, 2.05) is 0 Å². The normalized spacial score (nSPS) is 13.1. The summed E-state index contributed by atoms with van der Waals surface area (Å²) in [6.07, 6.45) is 4.85. The van der Waals surface area contributed by atoms with Crippen LogP contribution in [0.4, 0.5) is 0 Å². The van der Waals surface area contributed by atoms with Crippen molar-refractivity contribution < 1.29 is 9.79 Å². The minimum atomic E-state index is -1.87. The molecule has 0 fully saturated rings. The maximum absolute atomic E-state index is 10.1. The van der Waals surface area contributed by atoms with E-state index in [1.54, 1.807) is 0 Å². The third-order valence-electron chi connectivity index (χ3n) is 1.20. The van der Waals surface area contributed by atoms with E-state index < -0.39 is 8.38 Å². The molecule has 14 heavy (non-hydrogen) atoms. The molecule has 1 N–H and O–H groups in total. The molecule has 0 saturated carbocycles. The van der Waals surface area contributed by atoms with Gasteiger partial charge in [0.2, 0.25) is 0 Å². The first-order valence-electron chi connectivity index (χ1n) is 5.19. The standard InChI is InChI=1S/C6H14O2P.C4H12P/c1-2-3-4-5-6-9(7)8;1-5(2,3)4/h7H,2-6H2,1H3;1-4H3/q-1;+1. The van der Waals surface area contributed by atoms with Gasteiger partial charge >= 0.3 is 0 Å². The Labute approximate surface area is 91.4 Å². The molecule has 0 bridgehead atoms. The summed E-state index contributed by atoms with van der Waals surface area (Å²) < 4.78 is 0. The first-order chi connectivity index (χ1) is 6.27. The molecule has 0 aliphatic heterocycles. The Morgan fingerprint density at radius 2 is 1.50 bits per heavy atom. The topological polar surface area (TPSA) is 43.3 Å². The van der Waals surface area contributed by atoms with Crippen LogP contribution in [0.3, 0.4) is 0 Å². The Morgan fingerprint density at radius 3 is 1.79 bits per heavy atom. The fourth-order valence-corrected chi connectivity index (χ4v) is 1.17. The summed E-state index contributed by atoms with van der Waals surface area (Å²) in [6, 6.07) is 0. The predicted molar refractivity (Wildman–Crippen MR) is 68.8 cm³/mol. The second-order valence-corrected chi connectivity index (χ2v) is 11.3.